The fourth-order valence-corrected chi connectivity index (χ4v) is 5.12. The van der Waals surface area contributed by atoms with Gasteiger partial charge in [0, 0.05) is 6.54 Å². The summed E-state index contributed by atoms with van der Waals surface area (Å²) in [5.41, 5.74) is 4.19. The number of nitriles is 1. The Kier molecular flexibility index (Phi) is 9.55. The summed E-state index contributed by atoms with van der Waals surface area (Å²) in [6, 6.07) is 20.6. The lowest BCUT2D eigenvalue weighted by molar-refractivity contribution is -0.159. The van der Waals surface area contributed by atoms with Crippen LogP contribution in [-0.4, -0.2) is 60.4 Å². The van der Waals surface area contributed by atoms with E-state index in [-0.39, 0.29) is 5.82 Å². The maximum Gasteiger partial charge on any atom is 0.414 e. The first kappa shape index (κ1) is 29.5. The number of hydrogen-bond donors (Lipinski definition) is 2. The normalized spacial score (nSPS) is 16.7. The first-order chi connectivity index (χ1) is 19.7. The molecule has 3 aromatic rings. The summed E-state index contributed by atoms with van der Waals surface area (Å²) in [5, 5.41) is 24.1. The van der Waals surface area contributed by atoms with Crippen LogP contribution in [0.2, 0.25) is 0 Å². The Labute approximate surface area is 237 Å². The van der Waals surface area contributed by atoms with Gasteiger partial charge in [-0.3, -0.25) is 0 Å². The highest BCUT2D eigenvalue weighted by atomic mass is 19.1. The van der Waals surface area contributed by atoms with Crippen molar-refractivity contribution in [3.05, 3.63) is 94.3 Å². The molecule has 10 heteroatoms. The molecule has 0 aromatic heterocycles. The summed E-state index contributed by atoms with van der Waals surface area (Å²) >= 11 is 0. The van der Waals surface area contributed by atoms with Gasteiger partial charge in [-0.25, -0.2) is 14.0 Å². The number of para-hydroxylation sites is 1. The SMILES string of the molecule is CN(CCCC1(c2ccc(F)cc2)OCc2cc(C#N)ccc21)CCc1cccc2c1OCCO2.O=C(O)C(=O)O. The Morgan fingerprint density at radius 3 is 2.46 bits per heavy atom. The molecule has 1 atom stereocenters. The minimum Gasteiger partial charge on any atom is -0.486 e. The molecule has 41 heavy (non-hydrogen) atoms. The van der Waals surface area contributed by atoms with Crippen molar-refractivity contribution in [1.29, 1.82) is 5.26 Å². The highest BCUT2D eigenvalue weighted by molar-refractivity contribution is 6.27. The van der Waals surface area contributed by atoms with Gasteiger partial charge >= 0.3 is 11.9 Å². The molecule has 214 valence electrons. The van der Waals surface area contributed by atoms with Crippen LogP contribution >= 0.6 is 0 Å². The van der Waals surface area contributed by atoms with E-state index < -0.39 is 17.5 Å². The summed E-state index contributed by atoms with van der Waals surface area (Å²) in [4.78, 5) is 20.5. The molecule has 2 aliphatic heterocycles. The van der Waals surface area contributed by atoms with Crippen LogP contribution in [0.1, 0.15) is 40.7 Å². The highest BCUT2D eigenvalue weighted by Gasteiger charge is 2.41. The third-order valence-electron chi connectivity index (χ3n) is 7.12. The number of rotatable bonds is 8. The van der Waals surface area contributed by atoms with Gasteiger partial charge < -0.3 is 29.3 Å². The van der Waals surface area contributed by atoms with Crippen molar-refractivity contribution in [3.63, 3.8) is 0 Å². The molecular formula is C31H31FN2O7. The van der Waals surface area contributed by atoms with Gasteiger partial charge in [0.15, 0.2) is 11.5 Å². The van der Waals surface area contributed by atoms with Crippen LogP contribution in [0.3, 0.4) is 0 Å². The van der Waals surface area contributed by atoms with Gasteiger partial charge in [0.05, 0.1) is 18.2 Å². The second kappa shape index (κ2) is 13.3. The van der Waals surface area contributed by atoms with Gasteiger partial charge in [-0.1, -0.05) is 30.3 Å². The Balaban J connectivity index is 0.000000585. The number of hydrogen-bond acceptors (Lipinski definition) is 7. The van der Waals surface area contributed by atoms with Gasteiger partial charge in [0.1, 0.15) is 24.6 Å². The van der Waals surface area contributed by atoms with Crippen LogP contribution in [0.15, 0.2) is 60.7 Å². The van der Waals surface area contributed by atoms with E-state index in [1.165, 1.54) is 12.1 Å². The Morgan fingerprint density at radius 1 is 1.02 bits per heavy atom. The number of ether oxygens (including phenoxy) is 3. The molecule has 2 N–H and O–H groups in total. The maximum atomic E-state index is 13.7. The second-order valence-corrected chi connectivity index (χ2v) is 9.81. The van der Waals surface area contributed by atoms with Gasteiger partial charge in [-0.2, -0.15) is 5.26 Å². The van der Waals surface area contributed by atoms with Crippen molar-refractivity contribution in [2.75, 3.05) is 33.4 Å². The van der Waals surface area contributed by atoms with E-state index in [1.54, 1.807) is 0 Å². The average molecular weight is 563 g/mol. The van der Waals surface area contributed by atoms with Gasteiger partial charge in [0.2, 0.25) is 0 Å². The van der Waals surface area contributed by atoms with Crippen molar-refractivity contribution in [2.45, 2.75) is 31.5 Å². The molecule has 3 aromatic carbocycles. The number of halogens is 1. The van der Waals surface area contributed by atoms with Crippen LogP contribution in [0.25, 0.3) is 0 Å². The summed E-state index contributed by atoms with van der Waals surface area (Å²) in [5.74, 6) is -2.21. The molecule has 0 saturated heterocycles. The average Bonchev–Trinajstić information content (AvgIpc) is 3.35. The van der Waals surface area contributed by atoms with Crippen molar-refractivity contribution < 1.29 is 38.4 Å². The smallest absolute Gasteiger partial charge is 0.414 e. The summed E-state index contributed by atoms with van der Waals surface area (Å²) in [7, 11) is 2.12. The molecule has 9 nitrogen and oxygen atoms in total. The van der Waals surface area contributed by atoms with Crippen LogP contribution in [0.5, 0.6) is 11.5 Å². The van der Waals surface area contributed by atoms with Crippen molar-refractivity contribution in [3.8, 4) is 17.6 Å². The lowest BCUT2D eigenvalue weighted by Gasteiger charge is -2.31. The topological polar surface area (TPSA) is 129 Å². The lowest BCUT2D eigenvalue weighted by atomic mass is 9.81. The summed E-state index contributed by atoms with van der Waals surface area (Å²) < 4.78 is 31.7. The van der Waals surface area contributed by atoms with Crippen LogP contribution in [-0.2, 0) is 33.0 Å². The Hall–Kier alpha value is -4.46. The van der Waals surface area contributed by atoms with Crippen molar-refractivity contribution >= 4 is 11.9 Å². The highest BCUT2D eigenvalue weighted by Crippen LogP contribution is 2.45. The molecule has 0 aliphatic carbocycles. The fraction of sp³-hybridized carbons (Fsp3) is 0.323. The number of aliphatic carboxylic acids is 2. The molecule has 0 amide bonds. The third-order valence-corrected chi connectivity index (χ3v) is 7.12. The number of nitrogens with zero attached hydrogens (tertiary/aromatic N) is 2. The third kappa shape index (κ3) is 7.01. The number of carboxylic acids is 2. The van der Waals surface area contributed by atoms with E-state index in [4.69, 9.17) is 34.0 Å². The summed E-state index contributed by atoms with van der Waals surface area (Å²) in [6.45, 7) is 3.41. The largest absolute Gasteiger partial charge is 0.486 e. The molecular weight excluding hydrogens is 531 g/mol. The molecule has 0 bridgehead atoms. The van der Waals surface area contributed by atoms with E-state index >= 15 is 0 Å². The van der Waals surface area contributed by atoms with E-state index in [0.29, 0.717) is 25.4 Å². The number of benzene rings is 3. The molecule has 0 fully saturated rings. The van der Waals surface area contributed by atoms with E-state index in [0.717, 1.165) is 66.1 Å². The monoisotopic (exact) mass is 562 g/mol. The van der Waals surface area contributed by atoms with E-state index in [1.807, 2.05) is 42.5 Å². The van der Waals surface area contributed by atoms with Crippen LogP contribution in [0.4, 0.5) is 4.39 Å². The molecule has 2 aliphatic rings. The molecule has 0 spiro atoms. The summed E-state index contributed by atoms with van der Waals surface area (Å²) in [6.07, 6.45) is 2.54. The first-order valence-electron chi connectivity index (χ1n) is 13.2. The number of likely N-dealkylation sites (N-methyl/N-ethyl adjacent to an activating group) is 1. The van der Waals surface area contributed by atoms with Crippen molar-refractivity contribution in [2.24, 2.45) is 0 Å². The molecule has 0 saturated carbocycles. The predicted octanol–water partition coefficient (Wildman–Crippen LogP) is 4.35. The zero-order valence-electron chi connectivity index (χ0n) is 22.6. The number of carboxylic acid groups (broad SMARTS) is 2. The molecule has 1 unspecified atom stereocenters. The van der Waals surface area contributed by atoms with Crippen molar-refractivity contribution in [1.82, 2.24) is 4.90 Å². The quantitative estimate of drug-likeness (QED) is 0.385. The number of fused-ring (bicyclic) bond motifs is 2. The Morgan fingerprint density at radius 2 is 1.76 bits per heavy atom. The van der Waals surface area contributed by atoms with Gasteiger partial charge in [-0.15, -0.1) is 0 Å². The van der Waals surface area contributed by atoms with Gasteiger partial charge in [0.25, 0.3) is 0 Å². The van der Waals surface area contributed by atoms with Crippen LogP contribution in [0, 0.1) is 17.1 Å². The van der Waals surface area contributed by atoms with Gasteiger partial charge in [-0.05, 0) is 85.4 Å². The predicted molar refractivity (Wildman–Crippen MR) is 146 cm³/mol. The second-order valence-electron chi connectivity index (χ2n) is 9.81. The first-order valence-corrected chi connectivity index (χ1v) is 13.2. The fourth-order valence-electron chi connectivity index (χ4n) is 5.12. The lowest BCUT2D eigenvalue weighted by Crippen LogP contribution is -2.30. The van der Waals surface area contributed by atoms with E-state index in [9.17, 15) is 9.65 Å². The molecule has 2 heterocycles. The van der Waals surface area contributed by atoms with E-state index in [2.05, 4.69) is 24.1 Å². The maximum absolute atomic E-state index is 13.7. The minimum absolute atomic E-state index is 0.265. The molecule has 0 radical (unpaired) electrons. The number of carbonyl (C=O) groups is 2. The zero-order valence-corrected chi connectivity index (χ0v) is 22.6. The Bertz CT molecular complexity index is 1430. The standard InChI is InChI=1S/C29H29FN2O3.C2H2O4/c1-32(15-12-22-4-2-5-27-28(22)34-17-16-33-27)14-3-13-29(24-7-9-25(30)10-8-24)26-11-6-21(19-31)18-23(26)20-35-29;3-1(4)2(5)6/h2,4-11,18H,3,12-17,20H2,1H3;(H,3,4)(H,5,6). The van der Waals surface area contributed by atoms with Crippen LogP contribution < -0.4 is 9.47 Å². The molecule has 5 rings (SSSR count). The zero-order chi connectivity index (χ0) is 29.4. The minimum atomic E-state index is -1.82.